The molecular formula is C15H12N2OS. The zero-order valence-electron chi connectivity index (χ0n) is 10.4. The van der Waals surface area contributed by atoms with E-state index in [0.717, 1.165) is 16.0 Å². The van der Waals surface area contributed by atoms with E-state index in [1.54, 1.807) is 0 Å². The molecule has 19 heavy (non-hydrogen) atoms. The molecule has 0 unspecified atom stereocenters. The van der Waals surface area contributed by atoms with E-state index in [1.807, 2.05) is 31.2 Å². The SMILES string of the molecule is CC[C@@H]1C2=C(SC(=N)[C@@H]1C#N)c1ccccc1C2=O. The van der Waals surface area contributed by atoms with E-state index in [9.17, 15) is 10.1 Å². The van der Waals surface area contributed by atoms with Crippen molar-refractivity contribution in [1.29, 1.82) is 10.7 Å². The largest absolute Gasteiger partial charge is 0.297 e. The maximum atomic E-state index is 12.5. The summed E-state index contributed by atoms with van der Waals surface area (Å²) in [5.74, 6) is -0.585. The van der Waals surface area contributed by atoms with Gasteiger partial charge in [0.2, 0.25) is 0 Å². The molecule has 1 heterocycles. The Labute approximate surface area is 115 Å². The number of fused-ring (bicyclic) bond motifs is 2. The number of hydrogen-bond donors (Lipinski definition) is 1. The summed E-state index contributed by atoms with van der Waals surface area (Å²) in [5.41, 5.74) is 2.38. The summed E-state index contributed by atoms with van der Waals surface area (Å²) < 4.78 is 0. The van der Waals surface area contributed by atoms with Crippen molar-refractivity contribution in [3.8, 4) is 6.07 Å². The van der Waals surface area contributed by atoms with Crippen molar-refractivity contribution in [3.05, 3.63) is 41.0 Å². The quantitative estimate of drug-likeness (QED) is 0.848. The van der Waals surface area contributed by atoms with Gasteiger partial charge in [0.1, 0.15) is 5.92 Å². The van der Waals surface area contributed by atoms with Crippen molar-refractivity contribution >= 4 is 27.5 Å². The summed E-state index contributed by atoms with van der Waals surface area (Å²) in [6.45, 7) is 1.97. The molecule has 2 aliphatic rings. The van der Waals surface area contributed by atoms with E-state index in [4.69, 9.17) is 5.41 Å². The zero-order valence-corrected chi connectivity index (χ0v) is 11.3. The molecule has 0 saturated heterocycles. The van der Waals surface area contributed by atoms with Gasteiger partial charge in [-0.2, -0.15) is 5.26 Å². The molecule has 4 heteroatoms. The highest BCUT2D eigenvalue weighted by atomic mass is 32.2. The number of benzene rings is 1. The molecule has 3 rings (SSSR count). The maximum Gasteiger partial charge on any atom is 0.191 e. The van der Waals surface area contributed by atoms with Crippen molar-refractivity contribution in [1.82, 2.24) is 0 Å². The number of nitrogens with one attached hydrogen (secondary N) is 1. The van der Waals surface area contributed by atoms with Crippen LogP contribution >= 0.6 is 11.8 Å². The number of rotatable bonds is 1. The molecule has 0 bridgehead atoms. The molecule has 1 aromatic carbocycles. The van der Waals surface area contributed by atoms with Gasteiger partial charge in [0, 0.05) is 22.0 Å². The van der Waals surface area contributed by atoms with Crippen LogP contribution in [-0.4, -0.2) is 10.8 Å². The van der Waals surface area contributed by atoms with E-state index < -0.39 is 5.92 Å². The minimum Gasteiger partial charge on any atom is -0.297 e. The van der Waals surface area contributed by atoms with Gasteiger partial charge < -0.3 is 0 Å². The van der Waals surface area contributed by atoms with Crippen LogP contribution in [0.4, 0.5) is 0 Å². The Kier molecular flexibility index (Phi) is 2.79. The predicted octanol–water partition coefficient (Wildman–Crippen LogP) is 3.48. The van der Waals surface area contributed by atoms with Crippen LogP contribution < -0.4 is 0 Å². The molecule has 0 fully saturated rings. The normalized spacial score (nSPS) is 25.1. The number of hydrogen-bond acceptors (Lipinski definition) is 4. The Bertz CT molecular complexity index is 669. The summed E-state index contributed by atoms with van der Waals surface area (Å²) in [4.78, 5) is 13.4. The average molecular weight is 268 g/mol. The van der Waals surface area contributed by atoms with Gasteiger partial charge in [-0.15, -0.1) is 0 Å². The molecule has 2 atom stereocenters. The lowest BCUT2D eigenvalue weighted by Crippen LogP contribution is -2.27. The van der Waals surface area contributed by atoms with Crippen LogP contribution in [0.3, 0.4) is 0 Å². The third-order valence-corrected chi connectivity index (χ3v) is 4.87. The molecule has 0 amide bonds. The van der Waals surface area contributed by atoms with E-state index in [-0.39, 0.29) is 11.7 Å². The molecular weight excluding hydrogens is 256 g/mol. The molecule has 1 aromatic rings. The molecule has 0 spiro atoms. The minimum atomic E-state index is -0.480. The standard InChI is InChI=1S/C15H12N2OS/c1-2-8-11(7-16)15(17)19-14-10-6-4-3-5-9(10)13(18)12(8)14/h3-6,8,11,17H,2H2,1H3/t8-,11+/m0/s1. The lowest BCUT2D eigenvalue weighted by Gasteiger charge is -2.27. The van der Waals surface area contributed by atoms with Crippen molar-refractivity contribution in [2.75, 3.05) is 0 Å². The third kappa shape index (κ3) is 1.58. The second-order valence-corrected chi connectivity index (χ2v) is 5.76. The number of carbonyl (C=O) groups is 1. The highest BCUT2D eigenvalue weighted by Gasteiger charge is 2.43. The fourth-order valence-corrected chi connectivity index (χ4v) is 4.04. The second kappa shape index (κ2) is 4.36. The van der Waals surface area contributed by atoms with Crippen LogP contribution in [0.2, 0.25) is 0 Å². The molecule has 1 aliphatic heterocycles. The monoisotopic (exact) mass is 268 g/mol. The fourth-order valence-electron chi connectivity index (χ4n) is 2.83. The van der Waals surface area contributed by atoms with E-state index in [0.29, 0.717) is 17.0 Å². The van der Waals surface area contributed by atoms with Gasteiger partial charge in [-0.25, -0.2) is 0 Å². The summed E-state index contributed by atoms with van der Waals surface area (Å²) in [6.07, 6.45) is 0.708. The van der Waals surface area contributed by atoms with Crippen LogP contribution in [0.15, 0.2) is 29.8 Å². The number of nitriles is 1. The summed E-state index contributed by atoms with van der Waals surface area (Å²) in [6, 6.07) is 9.70. The van der Waals surface area contributed by atoms with Gasteiger partial charge in [-0.1, -0.05) is 43.0 Å². The average Bonchev–Trinajstić information content (AvgIpc) is 2.71. The van der Waals surface area contributed by atoms with E-state index >= 15 is 0 Å². The summed E-state index contributed by atoms with van der Waals surface area (Å²) >= 11 is 1.27. The Morgan fingerprint density at radius 1 is 1.37 bits per heavy atom. The molecule has 1 N–H and O–H groups in total. The number of ketones is 1. The maximum absolute atomic E-state index is 12.5. The summed E-state index contributed by atoms with van der Waals surface area (Å²) in [5, 5.41) is 17.6. The van der Waals surface area contributed by atoms with Crippen molar-refractivity contribution < 1.29 is 4.79 Å². The van der Waals surface area contributed by atoms with Gasteiger partial charge in [0.05, 0.1) is 11.1 Å². The smallest absolute Gasteiger partial charge is 0.191 e. The van der Waals surface area contributed by atoms with E-state index in [1.165, 1.54) is 11.8 Å². The number of carbonyl (C=O) groups excluding carboxylic acids is 1. The predicted molar refractivity (Wildman–Crippen MR) is 75.9 cm³/mol. The Hall–Kier alpha value is -1.86. The fraction of sp³-hybridized carbons (Fsp3) is 0.267. The van der Waals surface area contributed by atoms with Crippen molar-refractivity contribution in [2.24, 2.45) is 11.8 Å². The molecule has 0 saturated carbocycles. The minimum absolute atomic E-state index is 0.0395. The third-order valence-electron chi connectivity index (χ3n) is 3.75. The number of thioether (sulfide) groups is 1. The van der Waals surface area contributed by atoms with Crippen LogP contribution in [0.1, 0.15) is 29.3 Å². The second-order valence-electron chi connectivity index (χ2n) is 4.71. The first-order valence-electron chi connectivity index (χ1n) is 6.23. The van der Waals surface area contributed by atoms with Crippen molar-refractivity contribution in [2.45, 2.75) is 13.3 Å². The summed E-state index contributed by atoms with van der Waals surface area (Å²) in [7, 11) is 0. The molecule has 1 aliphatic carbocycles. The molecule has 0 aromatic heterocycles. The lowest BCUT2D eigenvalue weighted by atomic mass is 9.83. The highest BCUT2D eigenvalue weighted by Crippen LogP contribution is 2.50. The number of allylic oxidation sites excluding steroid dienone is 1. The van der Waals surface area contributed by atoms with Crippen LogP contribution in [0.25, 0.3) is 4.91 Å². The zero-order chi connectivity index (χ0) is 13.6. The molecule has 3 nitrogen and oxygen atoms in total. The Morgan fingerprint density at radius 2 is 2.05 bits per heavy atom. The number of Topliss-reactive ketones (excluding diaryl/α,β-unsaturated/α-hetero) is 1. The van der Waals surface area contributed by atoms with Crippen LogP contribution in [-0.2, 0) is 0 Å². The van der Waals surface area contributed by atoms with Gasteiger partial charge >= 0.3 is 0 Å². The first-order chi connectivity index (χ1) is 9.19. The molecule has 0 radical (unpaired) electrons. The van der Waals surface area contributed by atoms with Gasteiger partial charge in [0.25, 0.3) is 0 Å². The molecule has 94 valence electrons. The van der Waals surface area contributed by atoms with E-state index in [2.05, 4.69) is 6.07 Å². The first-order valence-corrected chi connectivity index (χ1v) is 7.04. The van der Waals surface area contributed by atoms with Gasteiger partial charge in [-0.3, -0.25) is 10.2 Å². The topological polar surface area (TPSA) is 64.7 Å². The number of nitrogens with zero attached hydrogens (tertiary/aromatic N) is 1. The van der Waals surface area contributed by atoms with Crippen molar-refractivity contribution in [3.63, 3.8) is 0 Å². The van der Waals surface area contributed by atoms with Crippen LogP contribution in [0, 0.1) is 28.6 Å². The van der Waals surface area contributed by atoms with Crippen LogP contribution in [0.5, 0.6) is 0 Å². The first kappa shape index (κ1) is 12.2. The van der Waals surface area contributed by atoms with Gasteiger partial charge in [0.15, 0.2) is 5.78 Å². The Balaban J connectivity index is 2.21. The lowest BCUT2D eigenvalue weighted by molar-refractivity contribution is 0.102. The van der Waals surface area contributed by atoms with Gasteiger partial charge in [-0.05, 0) is 12.0 Å². The Morgan fingerprint density at radius 3 is 2.68 bits per heavy atom. The highest BCUT2D eigenvalue weighted by molar-refractivity contribution is 8.21.